The number of nitrogens with zero attached hydrogens (tertiary/aromatic N) is 1. The fourth-order valence-electron chi connectivity index (χ4n) is 1.97. The Kier molecular flexibility index (Phi) is 3.52. The van der Waals surface area contributed by atoms with Gasteiger partial charge in [-0.2, -0.15) is 0 Å². The molecule has 0 aliphatic heterocycles. The van der Waals surface area contributed by atoms with Crippen LogP contribution in [0.15, 0.2) is 47.2 Å². The first kappa shape index (κ1) is 14.1. The zero-order valence-corrected chi connectivity index (χ0v) is 11.8. The summed E-state index contributed by atoms with van der Waals surface area (Å²) in [6.45, 7) is 0. The molecule has 1 amide bonds. The topological polar surface area (TPSA) is 92.4 Å². The number of rotatable bonds is 3. The second-order valence-corrected chi connectivity index (χ2v) is 4.90. The van der Waals surface area contributed by atoms with E-state index in [-0.39, 0.29) is 16.5 Å². The number of hydrogen-bond acceptors (Lipinski definition) is 4. The van der Waals surface area contributed by atoms with Crippen molar-refractivity contribution in [3.05, 3.63) is 58.9 Å². The average Bonchev–Trinajstić information content (AvgIpc) is 2.96. The SMILES string of the molecule is O=C(Nc1ccc(Cl)c(C(=O)O)c1)c1ccc2ocnc2c1. The molecule has 2 N–H and O–H groups in total. The summed E-state index contributed by atoms with van der Waals surface area (Å²) >= 11 is 5.79. The number of hydrogen-bond donors (Lipinski definition) is 2. The van der Waals surface area contributed by atoms with Crippen LogP contribution in [0.1, 0.15) is 20.7 Å². The summed E-state index contributed by atoms with van der Waals surface area (Å²) in [5.41, 5.74) is 1.79. The predicted octanol–water partition coefficient (Wildman–Crippen LogP) is 3.43. The number of fused-ring (bicyclic) bond motifs is 1. The Bertz CT molecular complexity index is 888. The van der Waals surface area contributed by atoms with Gasteiger partial charge < -0.3 is 14.8 Å². The van der Waals surface area contributed by atoms with Crippen LogP contribution in [-0.2, 0) is 0 Å². The maximum atomic E-state index is 12.2. The molecule has 1 aromatic heterocycles. The van der Waals surface area contributed by atoms with E-state index < -0.39 is 5.97 Å². The number of carboxylic acids is 1. The largest absolute Gasteiger partial charge is 0.478 e. The van der Waals surface area contributed by atoms with Gasteiger partial charge in [-0.05, 0) is 36.4 Å². The highest BCUT2D eigenvalue weighted by molar-refractivity contribution is 6.33. The molecule has 2 aromatic carbocycles. The minimum Gasteiger partial charge on any atom is -0.478 e. The lowest BCUT2D eigenvalue weighted by Crippen LogP contribution is -2.12. The Hall–Kier alpha value is -2.86. The maximum absolute atomic E-state index is 12.2. The van der Waals surface area contributed by atoms with E-state index in [2.05, 4.69) is 10.3 Å². The smallest absolute Gasteiger partial charge is 0.337 e. The highest BCUT2D eigenvalue weighted by Gasteiger charge is 2.12. The molecule has 6 nitrogen and oxygen atoms in total. The molecule has 0 saturated carbocycles. The maximum Gasteiger partial charge on any atom is 0.337 e. The molecule has 3 rings (SSSR count). The van der Waals surface area contributed by atoms with Gasteiger partial charge in [0.2, 0.25) is 0 Å². The van der Waals surface area contributed by atoms with E-state index >= 15 is 0 Å². The van der Waals surface area contributed by atoms with Gasteiger partial charge in [-0.25, -0.2) is 9.78 Å². The number of oxazole rings is 1. The molecule has 0 bridgehead atoms. The third kappa shape index (κ3) is 2.64. The average molecular weight is 317 g/mol. The summed E-state index contributed by atoms with van der Waals surface area (Å²) < 4.78 is 5.10. The van der Waals surface area contributed by atoms with Gasteiger partial charge in [0.15, 0.2) is 12.0 Å². The third-order valence-corrected chi connectivity index (χ3v) is 3.38. The normalized spacial score (nSPS) is 10.6. The van der Waals surface area contributed by atoms with Crippen molar-refractivity contribution in [2.75, 3.05) is 5.32 Å². The number of nitrogens with one attached hydrogen (secondary N) is 1. The van der Waals surface area contributed by atoms with Crippen molar-refractivity contribution >= 4 is 40.3 Å². The lowest BCUT2D eigenvalue weighted by atomic mass is 10.1. The summed E-state index contributed by atoms with van der Waals surface area (Å²) in [4.78, 5) is 27.2. The molecule has 110 valence electrons. The molecular formula is C15H9ClN2O4. The minimum absolute atomic E-state index is 0.0774. The van der Waals surface area contributed by atoms with Crippen LogP contribution in [-0.4, -0.2) is 22.0 Å². The van der Waals surface area contributed by atoms with Crippen LogP contribution in [0.3, 0.4) is 0 Å². The first-order chi connectivity index (χ1) is 10.5. The van der Waals surface area contributed by atoms with Crippen molar-refractivity contribution in [1.29, 1.82) is 0 Å². The highest BCUT2D eigenvalue weighted by Crippen LogP contribution is 2.21. The number of benzene rings is 2. The molecule has 7 heteroatoms. The van der Waals surface area contributed by atoms with Crippen molar-refractivity contribution in [1.82, 2.24) is 4.98 Å². The number of aromatic carboxylic acids is 1. The summed E-state index contributed by atoms with van der Waals surface area (Å²) in [6, 6.07) is 9.07. The number of aromatic nitrogens is 1. The zero-order chi connectivity index (χ0) is 15.7. The van der Waals surface area contributed by atoms with Crippen molar-refractivity contribution in [2.24, 2.45) is 0 Å². The van der Waals surface area contributed by atoms with Crippen LogP contribution in [0.4, 0.5) is 5.69 Å². The van der Waals surface area contributed by atoms with Crippen molar-refractivity contribution < 1.29 is 19.1 Å². The van der Waals surface area contributed by atoms with E-state index in [1.165, 1.54) is 24.6 Å². The molecule has 22 heavy (non-hydrogen) atoms. The second-order valence-electron chi connectivity index (χ2n) is 4.49. The Labute approximate surface area is 129 Å². The first-order valence-electron chi connectivity index (χ1n) is 6.22. The second kappa shape index (κ2) is 5.50. The van der Waals surface area contributed by atoms with Gasteiger partial charge in [0.05, 0.1) is 10.6 Å². The molecule has 0 saturated heterocycles. The van der Waals surface area contributed by atoms with E-state index in [1.54, 1.807) is 18.2 Å². The zero-order valence-electron chi connectivity index (χ0n) is 11.0. The number of amides is 1. The molecule has 0 spiro atoms. The van der Waals surface area contributed by atoms with Gasteiger partial charge in [0, 0.05) is 11.3 Å². The van der Waals surface area contributed by atoms with Crippen molar-refractivity contribution in [3.8, 4) is 0 Å². The highest BCUT2D eigenvalue weighted by atomic mass is 35.5. The van der Waals surface area contributed by atoms with Crippen LogP contribution in [0.25, 0.3) is 11.1 Å². The number of anilines is 1. The molecule has 1 heterocycles. The predicted molar refractivity (Wildman–Crippen MR) is 80.4 cm³/mol. The monoisotopic (exact) mass is 316 g/mol. The summed E-state index contributed by atoms with van der Waals surface area (Å²) in [7, 11) is 0. The molecule has 0 unspecified atom stereocenters. The standard InChI is InChI=1S/C15H9ClN2O4/c16-11-3-2-9(6-10(11)15(20)21)18-14(19)8-1-4-13-12(5-8)17-7-22-13/h1-7H,(H,18,19)(H,20,21). The fraction of sp³-hybridized carbons (Fsp3) is 0. The van der Waals surface area contributed by atoms with Gasteiger partial charge >= 0.3 is 5.97 Å². The molecule has 0 fully saturated rings. The lowest BCUT2D eigenvalue weighted by Gasteiger charge is -2.07. The first-order valence-corrected chi connectivity index (χ1v) is 6.60. The van der Waals surface area contributed by atoms with Crippen LogP contribution < -0.4 is 5.32 Å². The molecule has 0 aliphatic carbocycles. The quantitative estimate of drug-likeness (QED) is 0.772. The molecular weight excluding hydrogens is 308 g/mol. The number of carboxylic acid groups (broad SMARTS) is 1. The Balaban J connectivity index is 1.87. The van der Waals surface area contributed by atoms with Crippen molar-refractivity contribution in [3.63, 3.8) is 0 Å². The fourth-order valence-corrected chi connectivity index (χ4v) is 2.17. The number of carbonyl (C=O) groups is 2. The van der Waals surface area contributed by atoms with E-state index in [4.69, 9.17) is 21.1 Å². The lowest BCUT2D eigenvalue weighted by molar-refractivity contribution is 0.0696. The van der Waals surface area contributed by atoms with Gasteiger partial charge in [0.1, 0.15) is 5.52 Å². The summed E-state index contributed by atoms with van der Waals surface area (Å²) in [5, 5.41) is 11.7. The van der Waals surface area contributed by atoms with Crippen molar-refractivity contribution in [2.45, 2.75) is 0 Å². The number of carbonyl (C=O) groups excluding carboxylic acids is 1. The van der Waals surface area contributed by atoms with E-state index in [1.807, 2.05) is 0 Å². The van der Waals surface area contributed by atoms with Crippen LogP contribution >= 0.6 is 11.6 Å². The minimum atomic E-state index is -1.16. The third-order valence-electron chi connectivity index (χ3n) is 3.05. The Morgan fingerprint density at radius 2 is 2.00 bits per heavy atom. The van der Waals surface area contributed by atoms with Gasteiger partial charge in [0.25, 0.3) is 5.91 Å². The van der Waals surface area contributed by atoms with E-state index in [9.17, 15) is 9.59 Å². The molecule has 0 radical (unpaired) electrons. The summed E-state index contributed by atoms with van der Waals surface area (Å²) in [5.74, 6) is -1.55. The Morgan fingerprint density at radius 1 is 1.18 bits per heavy atom. The molecule has 0 atom stereocenters. The van der Waals surface area contributed by atoms with Gasteiger partial charge in [-0.15, -0.1) is 0 Å². The molecule has 0 aliphatic rings. The van der Waals surface area contributed by atoms with Gasteiger partial charge in [-0.1, -0.05) is 11.6 Å². The summed E-state index contributed by atoms with van der Waals surface area (Å²) in [6.07, 6.45) is 1.30. The van der Waals surface area contributed by atoms with E-state index in [0.717, 1.165) is 0 Å². The van der Waals surface area contributed by atoms with E-state index in [0.29, 0.717) is 22.4 Å². The van der Waals surface area contributed by atoms with Gasteiger partial charge in [-0.3, -0.25) is 4.79 Å². The van der Waals surface area contributed by atoms with Crippen LogP contribution in [0.5, 0.6) is 0 Å². The van der Waals surface area contributed by atoms with Crippen LogP contribution in [0.2, 0.25) is 5.02 Å². The Morgan fingerprint density at radius 3 is 2.77 bits per heavy atom. The number of halogens is 1. The molecule has 3 aromatic rings. The van der Waals surface area contributed by atoms with Crippen LogP contribution in [0, 0.1) is 0 Å².